The number of fused-ring (bicyclic) bond motifs is 1. The molecular formula is C11H9N7O4S. The van der Waals surface area contributed by atoms with Crippen molar-refractivity contribution in [2.75, 3.05) is 5.73 Å². The minimum Gasteiger partial charge on any atom is -0.369 e. The number of anilines is 1. The molecule has 0 radical (unpaired) electrons. The SMILES string of the molecule is Nc1nc2nc(N=Nc3ccc(S(=O)(=O)O)cc3)[nH]c2c(=O)[nH]1. The molecule has 1 aromatic carbocycles. The number of aromatic nitrogens is 4. The Balaban J connectivity index is 1.91. The van der Waals surface area contributed by atoms with Gasteiger partial charge in [-0.2, -0.15) is 18.4 Å². The number of rotatable bonds is 3. The van der Waals surface area contributed by atoms with Crippen LogP contribution in [0.5, 0.6) is 0 Å². The van der Waals surface area contributed by atoms with Gasteiger partial charge in [0.05, 0.1) is 10.6 Å². The third kappa shape index (κ3) is 3.07. The van der Waals surface area contributed by atoms with Crippen molar-refractivity contribution in [3.05, 3.63) is 34.6 Å². The molecule has 3 aromatic rings. The molecule has 0 amide bonds. The second-order valence-corrected chi connectivity index (χ2v) is 5.80. The fraction of sp³-hybridized carbons (Fsp3) is 0. The van der Waals surface area contributed by atoms with Crippen LogP contribution < -0.4 is 11.3 Å². The lowest BCUT2D eigenvalue weighted by Gasteiger charge is -1.96. The van der Waals surface area contributed by atoms with E-state index in [-0.39, 0.29) is 28.0 Å². The van der Waals surface area contributed by atoms with Gasteiger partial charge >= 0.3 is 0 Å². The maximum absolute atomic E-state index is 11.6. The number of azo groups is 1. The number of hydrogen-bond acceptors (Lipinski definition) is 8. The number of aromatic amines is 2. The number of nitrogens with two attached hydrogens (primary N) is 1. The molecule has 2 aromatic heterocycles. The minimum atomic E-state index is -4.26. The topological polar surface area (TPSA) is 180 Å². The molecule has 23 heavy (non-hydrogen) atoms. The van der Waals surface area contributed by atoms with Gasteiger partial charge in [-0.15, -0.1) is 10.2 Å². The first-order chi connectivity index (χ1) is 10.8. The first-order valence-electron chi connectivity index (χ1n) is 6.08. The molecule has 0 saturated heterocycles. The Kier molecular flexibility index (Phi) is 3.38. The van der Waals surface area contributed by atoms with Gasteiger partial charge in [0.1, 0.15) is 0 Å². The highest BCUT2D eigenvalue weighted by atomic mass is 32.2. The number of nitrogens with zero attached hydrogens (tertiary/aromatic N) is 4. The highest BCUT2D eigenvalue weighted by Crippen LogP contribution is 2.19. The number of hydrogen-bond donors (Lipinski definition) is 4. The largest absolute Gasteiger partial charge is 0.369 e. The summed E-state index contributed by atoms with van der Waals surface area (Å²) in [5.41, 5.74) is 5.44. The normalized spacial score (nSPS) is 12.2. The van der Waals surface area contributed by atoms with Gasteiger partial charge in [-0.1, -0.05) is 0 Å². The first kappa shape index (κ1) is 14.8. The van der Waals surface area contributed by atoms with Crippen LogP contribution >= 0.6 is 0 Å². The van der Waals surface area contributed by atoms with Crippen molar-refractivity contribution in [2.24, 2.45) is 10.2 Å². The molecule has 0 fully saturated rings. The third-order valence-corrected chi connectivity index (χ3v) is 3.63. The van der Waals surface area contributed by atoms with Gasteiger partial charge in [-0.25, -0.2) is 0 Å². The van der Waals surface area contributed by atoms with Crippen LogP contribution in [0, 0.1) is 0 Å². The van der Waals surface area contributed by atoms with E-state index in [1.165, 1.54) is 24.3 Å². The van der Waals surface area contributed by atoms with E-state index in [4.69, 9.17) is 10.3 Å². The van der Waals surface area contributed by atoms with Gasteiger partial charge in [0.15, 0.2) is 11.2 Å². The summed E-state index contributed by atoms with van der Waals surface area (Å²) < 4.78 is 30.7. The van der Waals surface area contributed by atoms with Crippen LogP contribution in [0.4, 0.5) is 17.6 Å². The van der Waals surface area contributed by atoms with Crippen molar-refractivity contribution in [2.45, 2.75) is 4.90 Å². The maximum atomic E-state index is 11.6. The van der Waals surface area contributed by atoms with Gasteiger partial charge in [-0.05, 0) is 24.3 Å². The summed E-state index contributed by atoms with van der Waals surface area (Å²) in [6.07, 6.45) is 0. The van der Waals surface area contributed by atoms with Gasteiger partial charge in [-0.3, -0.25) is 14.3 Å². The smallest absolute Gasteiger partial charge is 0.294 e. The number of benzene rings is 1. The Bertz CT molecular complexity index is 1070. The lowest BCUT2D eigenvalue weighted by molar-refractivity contribution is 0.483. The summed E-state index contributed by atoms with van der Waals surface area (Å²) in [7, 11) is -4.26. The zero-order chi connectivity index (χ0) is 16.6. The molecular weight excluding hydrogens is 326 g/mol. The molecule has 0 spiro atoms. The van der Waals surface area contributed by atoms with E-state index < -0.39 is 15.7 Å². The number of nitrogens with one attached hydrogen (secondary N) is 2. The van der Waals surface area contributed by atoms with E-state index in [1.807, 2.05) is 0 Å². The van der Waals surface area contributed by atoms with Crippen molar-refractivity contribution in [3.8, 4) is 0 Å². The van der Waals surface area contributed by atoms with Crippen molar-refractivity contribution in [3.63, 3.8) is 0 Å². The van der Waals surface area contributed by atoms with Gasteiger partial charge < -0.3 is 10.7 Å². The Labute approximate surface area is 128 Å². The van der Waals surface area contributed by atoms with Crippen LogP contribution in [0.3, 0.4) is 0 Å². The number of imidazole rings is 1. The minimum absolute atomic E-state index is 0.0301. The predicted octanol–water partition coefficient (Wildman–Crippen LogP) is 0.890. The average Bonchev–Trinajstić information content (AvgIpc) is 2.88. The summed E-state index contributed by atoms with van der Waals surface area (Å²) in [6, 6.07) is 5.04. The lowest BCUT2D eigenvalue weighted by atomic mass is 10.3. The summed E-state index contributed by atoms with van der Waals surface area (Å²) in [6.45, 7) is 0. The molecule has 0 saturated carbocycles. The molecule has 3 rings (SSSR count). The maximum Gasteiger partial charge on any atom is 0.294 e. The molecule has 0 bridgehead atoms. The van der Waals surface area contributed by atoms with Crippen LogP contribution in [0.1, 0.15) is 0 Å². The zero-order valence-electron chi connectivity index (χ0n) is 11.3. The van der Waals surface area contributed by atoms with E-state index in [0.29, 0.717) is 5.69 Å². The van der Waals surface area contributed by atoms with E-state index in [1.54, 1.807) is 0 Å². The van der Waals surface area contributed by atoms with Crippen molar-refractivity contribution < 1.29 is 13.0 Å². The Morgan fingerprint density at radius 2 is 1.78 bits per heavy atom. The highest BCUT2D eigenvalue weighted by molar-refractivity contribution is 7.85. The molecule has 0 atom stereocenters. The first-order valence-corrected chi connectivity index (χ1v) is 7.52. The van der Waals surface area contributed by atoms with Crippen LogP contribution in [0.15, 0.2) is 44.2 Å². The summed E-state index contributed by atoms with van der Waals surface area (Å²) in [5, 5.41) is 7.62. The van der Waals surface area contributed by atoms with E-state index in [0.717, 1.165) is 0 Å². The average molecular weight is 335 g/mol. The second kappa shape index (κ2) is 5.26. The van der Waals surface area contributed by atoms with Crippen molar-refractivity contribution in [1.82, 2.24) is 19.9 Å². The summed E-state index contributed by atoms with van der Waals surface area (Å²) >= 11 is 0. The Hall–Kier alpha value is -3.12. The molecule has 5 N–H and O–H groups in total. The molecule has 12 heteroatoms. The quantitative estimate of drug-likeness (QED) is 0.405. The predicted molar refractivity (Wildman–Crippen MR) is 79.4 cm³/mol. The molecule has 0 unspecified atom stereocenters. The van der Waals surface area contributed by atoms with Crippen LogP contribution in [-0.4, -0.2) is 32.9 Å². The molecule has 118 valence electrons. The standard InChI is InChI=1S/C11H9N7O4S/c12-10-14-8-7(9(19)16-10)13-11(15-8)18-17-5-1-3-6(4-2-5)23(20,21)22/h1-4H,(H,20,21,22)(H4,12,13,14,15,16,19). The van der Waals surface area contributed by atoms with Crippen LogP contribution in [-0.2, 0) is 10.1 Å². The third-order valence-electron chi connectivity index (χ3n) is 2.76. The number of nitrogen functional groups attached to an aromatic ring is 1. The second-order valence-electron chi connectivity index (χ2n) is 4.38. The molecule has 0 aliphatic heterocycles. The highest BCUT2D eigenvalue weighted by Gasteiger charge is 2.09. The summed E-state index contributed by atoms with van der Waals surface area (Å²) in [4.78, 5) is 24.1. The van der Waals surface area contributed by atoms with Gasteiger partial charge in [0.25, 0.3) is 15.7 Å². The lowest BCUT2D eigenvalue weighted by Crippen LogP contribution is -2.10. The van der Waals surface area contributed by atoms with Crippen molar-refractivity contribution in [1.29, 1.82) is 0 Å². The molecule has 11 nitrogen and oxygen atoms in total. The van der Waals surface area contributed by atoms with Crippen LogP contribution in [0.25, 0.3) is 11.2 Å². The van der Waals surface area contributed by atoms with Gasteiger partial charge in [0.2, 0.25) is 11.9 Å². The molecule has 0 aliphatic rings. The van der Waals surface area contributed by atoms with E-state index in [9.17, 15) is 13.2 Å². The van der Waals surface area contributed by atoms with Crippen LogP contribution in [0.2, 0.25) is 0 Å². The monoisotopic (exact) mass is 335 g/mol. The zero-order valence-corrected chi connectivity index (χ0v) is 12.1. The Morgan fingerprint density at radius 1 is 1.09 bits per heavy atom. The fourth-order valence-electron chi connectivity index (χ4n) is 1.75. The summed E-state index contributed by atoms with van der Waals surface area (Å²) in [5.74, 6) is -0.0410. The number of H-pyrrole nitrogens is 2. The van der Waals surface area contributed by atoms with Gasteiger partial charge in [0, 0.05) is 0 Å². The molecule has 0 aliphatic carbocycles. The van der Waals surface area contributed by atoms with Crippen molar-refractivity contribution >= 4 is 38.9 Å². The Morgan fingerprint density at radius 3 is 2.43 bits per heavy atom. The van der Waals surface area contributed by atoms with E-state index in [2.05, 4.69) is 30.2 Å². The van der Waals surface area contributed by atoms with E-state index >= 15 is 0 Å². The molecule has 2 heterocycles. The fourth-order valence-corrected chi connectivity index (χ4v) is 2.23.